The Hall–Kier alpha value is -1.31. The molecule has 1 aliphatic heterocycles. The Bertz CT molecular complexity index is 649. The lowest BCUT2D eigenvalue weighted by molar-refractivity contribution is -0.166. The molecule has 4 atom stereocenters. The molecule has 136 valence electrons. The van der Waals surface area contributed by atoms with E-state index in [1.54, 1.807) is 36.6 Å². The minimum Gasteiger partial charge on any atom is -0.368 e. The Morgan fingerprint density at radius 3 is 2.56 bits per heavy atom. The van der Waals surface area contributed by atoms with Gasteiger partial charge in [-0.15, -0.1) is 11.3 Å². The molecule has 3 rings (SSSR count). The quantitative estimate of drug-likeness (QED) is 0.704. The van der Waals surface area contributed by atoms with E-state index in [2.05, 4.69) is 0 Å². The molecule has 0 spiro atoms. The highest BCUT2D eigenvalue weighted by Crippen LogP contribution is 2.31. The molecule has 0 amide bonds. The average Bonchev–Trinajstić information content (AvgIpc) is 3.26. The van der Waals surface area contributed by atoms with E-state index in [1.165, 1.54) is 6.07 Å². The lowest BCUT2D eigenvalue weighted by Crippen LogP contribution is -2.38. The number of halogens is 1. The van der Waals surface area contributed by atoms with Gasteiger partial charge in [-0.2, -0.15) is 0 Å². The van der Waals surface area contributed by atoms with Gasteiger partial charge in [-0.05, 0) is 23.9 Å². The summed E-state index contributed by atoms with van der Waals surface area (Å²) in [6.45, 7) is 2.67. The average molecular weight is 366 g/mol. The van der Waals surface area contributed by atoms with Crippen LogP contribution < -0.4 is 0 Å². The number of thiophene rings is 1. The second kappa shape index (κ2) is 8.87. The fraction of sp³-hybridized carbons (Fsp3) is 0.474. The first-order chi connectivity index (χ1) is 12.2. The molecule has 2 heterocycles. The molecule has 1 aliphatic rings. The molecule has 0 radical (unpaired) electrons. The molecule has 1 saturated heterocycles. The molecular weight excluding hydrogens is 343 g/mol. The molecule has 1 aromatic heterocycles. The number of hydrogen-bond donors (Lipinski definition) is 0. The first-order valence-electron chi connectivity index (χ1n) is 8.40. The molecule has 0 bridgehead atoms. The van der Waals surface area contributed by atoms with Crippen LogP contribution >= 0.6 is 11.3 Å². The van der Waals surface area contributed by atoms with Gasteiger partial charge in [-0.3, -0.25) is 0 Å². The summed E-state index contributed by atoms with van der Waals surface area (Å²) in [6, 6.07) is 10.6. The lowest BCUT2D eigenvalue weighted by atomic mass is 10.1. The number of benzene rings is 1. The van der Waals surface area contributed by atoms with Crippen molar-refractivity contribution in [1.29, 1.82) is 0 Å². The van der Waals surface area contributed by atoms with Gasteiger partial charge in [0.05, 0.1) is 19.3 Å². The Kier molecular flexibility index (Phi) is 6.56. The highest BCUT2D eigenvalue weighted by Gasteiger charge is 2.45. The monoisotopic (exact) mass is 366 g/mol. The van der Waals surface area contributed by atoms with Gasteiger partial charge < -0.3 is 18.9 Å². The predicted molar refractivity (Wildman–Crippen MR) is 93.8 cm³/mol. The summed E-state index contributed by atoms with van der Waals surface area (Å²) < 4.78 is 37.3. The van der Waals surface area contributed by atoms with Crippen LogP contribution in [0, 0.1) is 5.82 Å². The zero-order chi connectivity index (χ0) is 17.6. The Balaban J connectivity index is 1.68. The van der Waals surface area contributed by atoms with E-state index < -0.39 is 6.29 Å². The zero-order valence-corrected chi connectivity index (χ0v) is 15.2. The molecule has 1 aromatic carbocycles. The van der Waals surface area contributed by atoms with Crippen LogP contribution in [0.25, 0.3) is 0 Å². The van der Waals surface area contributed by atoms with Crippen molar-refractivity contribution in [1.82, 2.24) is 0 Å². The normalized spacial score (nSPS) is 26.2. The Morgan fingerprint density at radius 2 is 1.88 bits per heavy atom. The van der Waals surface area contributed by atoms with Crippen LogP contribution in [-0.2, 0) is 32.2 Å². The summed E-state index contributed by atoms with van der Waals surface area (Å²) in [5.41, 5.74) is 0.523. The van der Waals surface area contributed by atoms with Gasteiger partial charge in [0.15, 0.2) is 6.29 Å². The maximum Gasteiger partial charge on any atom is 0.186 e. The third kappa shape index (κ3) is 4.46. The fourth-order valence-electron chi connectivity index (χ4n) is 2.96. The molecule has 25 heavy (non-hydrogen) atoms. The summed E-state index contributed by atoms with van der Waals surface area (Å²) in [5.74, 6) is -0.270. The smallest absolute Gasteiger partial charge is 0.186 e. The molecule has 2 aromatic rings. The highest BCUT2D eigenvalue weighted by atomic mass is 32.1. The summed E-state index contributed by atoms with van der Waals surface area (Å²) in [4.78, 5) is 1.13. The molecule has 4 nitrogen and oxygen atoms in total. The standard InChI is InChI=1S/C19H23FO4S/c1-3-16-17(22-11-13-7-4-5-9-15(13)20)18(19(21-2)24-16)23-12-14-8-6-10-25-14/h4-10,16-19H,3,11-12H2,1-2H3/t16-,17+,18-,19+/m1/s1. The summed E-state index contributed by atoms with van der Waals surface area (Å²) >= 11 is 1.64. The summed E-state index contributed by atoms with van der Waals surface area (Å²) in [5, 5.41) is 2.01. The summed E-state index contributed by atoms with van der Waals surface area (Å²) in [6.07, 6.45) is -0.542. The van der Waals surface area contributed by atoms with Gasteiger partial charge in [-0.1, -0.05) is 31.2 Å². The van der Waals surface area contributed by atoms with Gasteiger partial charge in [0.25, 0.3) is 0 Å². The van der Waals surface area contributed by atoms with E-state index in [9.17, 15) is 4.39 Å². The van der Waals surface area contributed by atoms with E-state index in [1.807, 2.05) is 24.4 Å². The zero-order valence-electron chi connectivity index (χ0n) is 14.4. The van der Waals surface area contributed by atoms with E-state index in [-0.39, 0.29) is 30.7 Å². The van der Waals surface area contributed by atoms with Crippen molar-refractivity contribution in [3.05, 3.63) is 58.0 Å². The SMILES string of the molecule is CC[C@H]1O[C@H](OC)[C@H](OCc2cccs2)[C@H]1OCc1ccccc1F. The van der Waals surface area contributed by atoms with Gasteiger partial charge in [-0.25, -0.2) is 4.39 Å². The van der Waals surface area contributed by atoms with Crippen LogP contribution in [0.4, 0.5) is 4.39 Å². The van der Waals surface area contributed by atoms with Crippen molar-refractivity contribution in [2.45, 2.75) is 51.2 Å². The van der Waals surface area contributed by atoms with Crippen LogP contribution in [-0.4, -0.2) is 31.7 Å². The minimum atomic E-state index is -0.490. The second-order valence-electron chi connectivity index (χ2n) is 5.91. The Morgan fingerprint density at radius 1 is 1.08 bits per heavy atom. The first-order valence-corrected chi connectivity index (χ1v) is 9.28. The number of ether oxygens (including phenoxy) is 4. The molecule has 0 saturated carbocycles. The maximum atomic E-state index is 13.9. The topological polar surface area (TPSA) is 36.9 Å². The van der Waals surface area contributed by atoms with Crippen molar-refractivity contribution >= 4 is 11.3 Å². The Labute approximate surface area is 151 Å². The van der Waals surface area contributed by atoms with Crippen LogP contribution in [0.15, 0.2) is 41.8 Å². The van der Waals surface area contributed by atoms with Crippen molar-refractivity contribution in [3.63, 3.8) is 0 Å². The third-order valence-corrected chi connectivity index (χ3v) is 5.14. The van der Waals surface area contributed by atoms with Gasteiger partial charge in [0, 0.05) is 17.6 Å². The molecule has 6 heteroatoms. The molecule has 0 unspecified atom stereocenters. The van der Waals surface area contributed by atoms with Crippen molar-refractivity contribution in [3.8, 4) is 0 Å². The largest absolute Gasteiger partial charge is 0.368 e. The molecule has 0 N–H and O–H groups in total. The van der Waals surface area contributed by atoms with Crippen molar-refractivity contribution in [2.75, 3.05) is 7.11 Å². The maximum absolute atomic E-state index is 13.9. The molecular formula is C19H23FO4S. The third-order valence-electron chi connectivity index (χ3n) is 4.29. The van der Waals surface area contributed by atoms with E-state index in [4.69, 9.17) is 18.9 Å². The lowest BCUT2D eigenvalue weighted by Gasteiger charge is -2.24. The van der Waals surface area contributed by atoms with Crippen LogP contribution in [0.3, 0.4) is 0 Å². The predicted octanol–water partition coefficient (Wildman–Crippen LogP) is 4.14. The van der Waals surface area contributed by atoms with Gasteiger partial charge >= 0.3 is 0 Å². The number of hydrogen-bond acceptors (Lipinski definition) is 5. The first kappa shape index (κ1) is 18.5. The fourth-order valence-corrected chi connectivity index (χ4v) is 3.59. The van der Waals surface area contributed by atoms with Gasteiger partial charge in [0.2, 0.25) is 0 Å². The molecule has 0 aliphatic carbocycles. The minimum absolute atomic E-state index is 0.148. The number of methoxy groups -OCH3 is 1. The number of rotatable bonds is 8. The second-order valence-corrected chi connectivity index (χ2v) is 6.94. The van der Waals surface area contributed by atoms with Crippen LogP contribution in [0.1, 0.15) is 23.8 Å². The van der Waals surface area contributed by atoms with Crippen molar-refractivity contribution < 1.29 is 23.3 Å². The summed E-state index contributed by atoms with van der Waals surface area (Å²) in [7, 11) is 1.60. The van der Waals surface area contributed by atoms with E-state index >= 15 is 0 Å². The van der Waals surface area contributed by atoms with E-state index in [0.717, 1.165) is 11.3 Å². The van der Waals surface area contributed by atoms with Crippen LogP contribution in [0.2, 0.25) is 0 Å². The highest BCUT2D eigenvalue weighted by molar-refractivity contribution is 7.09. The van der Waals surface area contributed by atoms with Gasteiger partial charge in [0.1, 0.15) is 18.0 Å². The molecule has 1 fully saturated rings. The van der Waals surface area contributed by atoms with E-state index in [0.29, 0.717) is 12.2 Å². The van der Waals surface area contributed by atoms with Crippen LogP contribution in [0.5, 0.6) is 0 Å². The van der Waals surface area contributed by atoms with Crippen molar-refractivity contribution in [2.24, 2.45) is 0 Å².